The van der Waals surface area contributed by atoms with Gasteiger partial charge in [-0.1, -0.05) is 65.7 Å². The van der Waals surface area contributed by atoms with Crippen LogP contribution in [0, 0.1) is 0 Å². The van der Waals surface area contributed by atoms with Crippen molar-refractivity contribution in [3.8, 4) is 22.6 Å². The molecule has 122 valence electrons. The monoisotopic (exact) mass is 357 g/mol. The van der Waals surface area contributed by atoms with Crippen LogP contribution in [-0.4, -0.2) is 7.05 Å². The van der Waals surface area contributed by atoms with Crippen LogP contribution < -0.4 is 10.1 Å². The molecule has 0 saturated carbocycles. The van der Waals surface area contributed by atoms with Crippen molar-refractivity contribution in [2.75, 3.05) is 7.05 Å². The van der Waals surface area contributed by atoms with E-state index in [0.717, 1.165) is 22.4 Å². The highest BCUT2D eigenvalue weighted by Gasteiger charge is 2.09. The molecule has 24 heavy (non-hydrogen) atoms. The van der Waals surface area contributed by atoms with E-state index in [-0.39, 0.29) is 0 Å². The van der Waals surface area contributed by atoms with E-state index in [2.05, 4.69) is 29.6 Å². The molecule has 0 aliphatic carbocycles. The zero-order chi connectivity index (χ0) is 16.9. The zero-order valence-corrected chi connectivity index (χ0v) is 14.7. The molecule has 0 heterocycles. The lowest BCUT2D eigenvalue weighted by atomic mass is 10.0. The summed E-state index contributed by atoms with van der Waals surface area (Å²) < 4.78 is 6.08. The quantitative estimate of drug-likeness (QED) is 0.589. The van der Waals surface area contributed by atoms with Gasteiger partial charge in [-0.2, -0.15) is 0 Å². The Bertz CT molecular complexity index is 834. The molecule has 0 aliphatic rings. The summed E-state index contributed by atoms with van der Waals surface area (Å²) in [4.78, 5) is 0. The summed E-state index contributed by atoms with van der Waals surface area (Å²) in [5, 5.41) is 4.15. The Morgan fingerprint density at radius 1 is 0.833 bits per heavy atom. The molecule has 1 N–H and O–H groups in total. The molecule has 0 spiro atoms. The maximum absolute atomic E-state index is 6.08. The highest BCUT2D eigenvalue weighted by molar-refractivity contribution is 6.42. The Balaban J connectivity index is 1.98. The maximum Gasteiger partial charge on any atom is 0.132 e. The van der Waals surface area contributed by atoms with Crippen molar-refractivity contribution >= 4 is 23.2 Å². The van der Waals surface area contributed by atoms with Crippen molar-refractivity contribution in [1.29, 1.82) is 0 Å². The molecule has 0 unspecified atom stereocenters. The molecule has 4 heteroatoms. The molecule has 0 atom stereocenters. The lowest BCUT2D eigenvalue weighted by Gasteiger charge is -2.14. The lowest BCUT2D eigenvalue weighted by Crippen LogP contribution is -2.06. The highest BCUT2D eigenvalue weighted by atomic mass is 35.5. The van der Waals surface area contributed by atoms with E-state index in [1.165, 1.54) is 0 Å². The van der Waals surface area contributed by atoms with E-state index in [0.29, 0.717) is 22.3 Å². The Morgan fingerprint density at radius 2 is 1.62 bits per heavy atom. The summed E-state index contributed by atoms with van der Waals surface area (Å²) in [7, 11) is 1.91. The van der Waals surface area contributed by atoms with Crippen molar-refractivity contribution in [1.82, 2.24) is 5.32 Å². The van der Waals surface area contributed by atoms with Crippen LogP contribution in [0.25, 0.3) is 11.1 Å². The van der Waals surface area contributed by atoms with E-state index in [4.69, 9.17) is 27.9 Å². The second-order valence-corrected chi connectivity index (χ2v) is 6.21. The van der Waals surface area contributed by atoms with Crippen LogP contribution in [-0.2, 0) is 6.54 Å². The third-order valence-electron chi connectivity index (χ3n) is 3.66. The van der Waals surface area contributed by atoms with Gasteiger partial charge < -0.3 is 10.1 Å². The molecule has 3 aromatic carbocycles. The van der Waals surface area contributed by atoms with Crippen LogP contribution in [0.2, 0.25) is 10.0 Å². The van der Waals surface area contributed by atoms with Crippen molar-refractivity contribution in [3.63, 3.8) is 0 Å². The van der Waals surface area contributed by atoms with E-state index in [1.807, 2.05) is 37.4 Å². The molecular weight excluding hydrogens is 341 g/mol. The van der Waals surface area contributed by atoms with Crippen molar-refractivity contribution < 1.29 is 4.74 Å². The predicted molar refractivity (Wildman–Crippen MR) is 101 cm³/mol. The molecule has 0 aliphatic heterocycles. The van der Waals surface area contributed by atoms with Gasteiger partial charge in [0.25, 0.3) is 0 Å². The zero-order valence-electron chi connectivity index (χ0n) is 13.2. The summed E-state index contributed by atoms with van der Waals surface area (Å²) in [6.07, 6.45) is 0. The Hall–Kier alpha value is -2.00. The molecule has 0 radical (unpaired) electrons. The summed E-state index contributed by atoms with van der Waals surface area (Å²) in [6, 6.07) is 21.7. The normalized spacial score (nSPS) is 10.6. The first-order valence-electron chi connectivity index (χ1n) is 7.63. The predicted octanol–water partition coefficient (Wildman–Crippen LogP) is 6.17. The number of halogens is 2. The van der Waals surface area contributed by atoms with Crippen LogP contribution in [0.15, 0.2) is 66.7 Å². The molecule has 3 aromatic rings. The van der Waals surface area contributed by atoms with E-state index < -0.39 is 0 Å². The SMILES string of the molecule is CNCc1ccc(-c2ccccc2)cc1Oc1ccc(Cl)c(Cl)c1. The van der Waals surface area contributed by atoms with Gasteiger partial charge in [-0.3, -0.25) is 0 Å². The summed E-state index contributed by atoms with van der Waals surface area (Å²) in [5.74, 6) is 1.45. The Kier molecular flexibility index (Phi) is 5.41. The van der Waals surface area contributed by atoms with Crippen LogP contribution in [0.5, 0.6) is 11.5 Å². The van der Waals surface area contributed by atoms with Gasteiger partial charge in [-0.15, -0.1) is 0 Å². The van der Waals surface area contributed by atoms with Gasteiger partial charge in [0, 0.05) is 18.2 Å². The summed E-state index contributed by atoms with van der Waals surface area (Å²) >= 11 is 12.1. The third kappa shape index (κ3) is 3.90. The van der Waals surface area contributed by atoms with Gasteiger partial charge in [0.15, 0.2) is 0 Å². The molecule has 0 aromatic heterocycles. The van der Waals surface area contributed by atoms with Crippen LogP contribution in [0.1, 0.15) is 5.56 Å². The molecule has 2 nitrogen and oxygen atoms in total. The van der Waals surface area contributed by atoms with Gasteiger partial charge in [0.05, 0.1) is 10.0 Å². The highest BCUT2D eigenvalue weighted by Crippen LogP contribution is 2.33. The van der Waals surface area contributed by atoms with Gasteiger partial charge in [0.2, 0.25) is 0 Å². The van der Waals surface area contributed by atoms with E-state index in [1.54, 1.807) is 12.1 Å². The smallest absolute Gasteiger partial charge is 0.132 e. The minimum atomic E-state index is 0.476. The van der Waals surface area contributed by atoms with E-state index in [9.17, 15) is 0 Å². The maximum atomic E-state index is 6.08. The molecule has 0 saturated heterocycles. The Labute approximate surface area is 152 Å². The molecular formula is C20H17Cl2NO. The Morgan fingerprint density at radius 3 is 2.33 bits per heavy atom. The van der Waals surface area contributed by atoms with Gasteiger partial charge in [0.1, 0.15) is 11.5 Å². The number of ether oxygens (including phenoxy) is 1. The van der Waals surface area contributed by atoms with Crippen LogP contribution in [0.3, 0.4) is 0 Å². The standard InChI is InChI=1S/C20H17Cl2NO/c1-23-13-16-8-7-15(14-5-3-2-4-6-14)11-20(16)24-17-9-10-18(21)19(22)12-17/h2-12,23H,13H2,1H3. The first-order valence-corrected chi connectivity index (χ1v) is 8.39. The number of hydrogen-bond donors (Lipinski definition) is 1. The summed E-state index contributed by atoms with van der Waals surface area (Å²) in [5.41, 5.74) is 3.32. The van der Waals surface area contributed by atoms with Crippen molar-refractivity contribution in [3.05, 3.63) is 82.3 Å². The first kappa shape index (κ1) is 16.8. The van der Waals surface area contributed by atoms with Gasteiger partial charge >= 0.3 is 0 Å². The third-order valence-corrected chi connectivity index (χ3v) is 4.40. The lowest BCUT2D eigenvalue weighted by molar-refractivity contribution is 0.474. The van der Waals surface area contributed by atoms with Crippen molar-refractivity contribution in [2.24, 2.45) is 0 Å². The minimum Gasteiger partial charge on any atom is -0.457 e. The van der Waals surface area contributed by atoms with Crippen molar-refractivity contribution in [2.45, 2.75) is 6.54 Å². The molecule has 0 fully saturated rings. The number of hydrogen-bond acceptors (Lipinski definition) is 2. The second kappa shape index (κ2) is 7.71. The molecule has 0 bridgehead atoms. The topological polar surface area (TPSA) is 21.3 Å². The number of rotatable bonds is 5. The van der Waals surface area contributed by atoms with Gasteiger partial charge in [-0.05, 0) is 36.4 Å². The fraction of sp³-hybridized carbons (Fsp3) is 0.100. The number of nitrogens with one attached hydrogen (secondary N) is 1. The fourth-order valence-corrected chi connectivity index (χ4v) is 2.75. The van der Waals surface area contributed by atoms with Crippen LogP contribution >= 0.6 is 23.2 Å². The fourth-order valence-electron chi connectivity index (χ4n) is 2.46. The number of benzene rings is 3. The van der Waals surface area contributed by atoms with E-state index >= 15 is 0 Å². The molecule has 0 amide bonds. The largest absolute Gasteiger partial charge is 0.457 e. The average molecular weight is 358 g/mol. The van der Waals surface area contributed by atoms with Gasteiger partial charge in [-0.25, -0.2) is 0 Å². The first-order chi connectivity index (χ1) is 11.7. The average Bonchev–Trinajstić information content (AvgIpc) is 2.61. The molecule has 3 rings (SSSR count). The summed E-state index contributed by atoms with van der Waals surface area (Å²) in [6.45, 7) is 0.714. The minimum absolute atomic E-state index is 0.476. The second-order valence-electron chi connectivity index (χ2n) is 5.40. The van der Waals surface area contributed by atoms with Crippen LogP contribution in [0.4, 0.5) is 0 Å².